The second-order valence-electron chi connectivity index (χ2n) is 3.89. The number of benzene rings is 1. The van der Waals surface area contributed by atoms with Crippen LogP contribution in [0.25, 0.3) is 0 Å². The number of aliphatic hydroxyl groups is 1. The summed E-state index contributed by atoms with van der Waals surface area (Å²) in [7, 11) is 0. The highest BCUT2D eigenvalue weighted by Crippen LogP contribution is 2.16. The zero-order valence-corrected chi connectivity index (χ0v) is 9.12. The molecule has 4 nitrogen and oxygen atoms in total. The van der Waals surface area contributed by atoms with E-state index >= 15 is 0 Å². The lowest BCUT2D eigenvalue weighted by Gasteiger charge is -2.19. The highest BCUT2D eigenvalue weighted by Gasteiger charge is 2.29. The Labute approximate surface area is 92.7 Å². The lowest BCUT2D eigenvalue weighted by Crippen LogP contribution is -2.41. The van der Waals surface area contributed by atoms with Gasteiger partial charge in [-0.2, -0.15) is 0 Å². The zero-order valence-electron chi connectivity index (χ0n) is 9.12. The minimum absolute atomic E-state index is 0.144. The van der Waals surface area contributed by atoms with Crippen molar-refractivity contribution >= 4 is 11.7 Å². The van der Waals surface area contributed by atoms with Crippen LogP contribution in [0.4, 0.5) is 10.1 Å². The van der Waals surface area contributed by atoms with Crippen molar-refractivity contribution in [1.82, 2.24) is 0 Å². The Morgan fingerprint density at radius 3 is 2.69 bits per heavy atom. The molecule has 88 valence electrons. The summed E-state index contributed by atoms with van der Waals surface area (Å²) in [6.45, 7) is 2.75. The molecule has 0 radical (unpaired) electrons. The van der Waals surface area contributed by atoms with Crippen molar-refractivity contribution in [2.75, 3.05) is 11.9 Å². The summed E-state index contributed by atoms with van der Waals surface area (Å²) in [5.41, 5.74) is -0.593. The molecule has 1 atom stereocenters. The van der Waals surface area contributed by atoms with Crippen LogP contribution in [0.2, 0.25) is 0 Å². The van der Waals surface area contributed by atoms with Crippen LogP contribution < -0.4 is 5.32 Å². The van der Waals surface area contributed by atoms with Crippen LogP contribution in [-0.2, 0) is 4.79 Å². The van der Waals surface area contributed by atoms with Gasteiger partial charge in [-0.25, -0.2) is 9.18 Å². The van der Waals surface area contributed by atoms with Gasteiger partial charge in [-0.1, -0.05) is 0 Å². The SMILES string of the molecule is Cc1cc(F)ccc1NCC(C)(O)C(=O)O. The largest absolute Gasteiger partial charge is 0.479 e. The third-order valence-corrected chi connectivity index (χ3v) is 2.27. The van der Waals surface area contributed by atoms with Gasteiger partial charge in [-0.05, 0) is 37.6 Å². The van der Waals surface area contributed by atoms with Gasteiger partial charge in [0.25, 0.3) is 0 Å². The van der Waals surface area contributed by atoms with E-state index in [4.69, 9.17) is 5.11 Å². The van der Waals surface area contributed by atoms with E-state index < -0.39 is 11.6 Å². The summed E-state index contributed by atoms with van der Waals surface area (Å²) < 4.78 is 12.8. The fourth-order valence-electron chi connectivity index (χ4n) is 1.17. The molecular formula is C11H14FNO3. The number of carboxylic acid groups (broad SMARTS) is 1. The van der Waals surface area contributed by atoms with Gasteiger partial charge >= 0.3 is 5.97 Å². The molecule has 0 aliphatic heterocycles. The van der Waals surface area contributed by atoms with Crippen molar-refractivity contribution < 1.29 is 19.4 Å². The van der Waals surface area contributed by atoms with E-state index in [-0.39, 0.29) is 12.4 Å². The number of nitrogens with one attached hydrogen (secondary N) is 1. The summed E-state index contributed by atoms with van der Waals surface area (Å²) in [6.07, 6.45) is 0. The molecule has 3 N–H and O–H groups in total. The number of anilines is 1. The van der Waals surface area contributed by atoms with Gasteiger partial charge in [0.1, 0.15) is 5.82 Å². The van der Waals surface area contributed by atoms with Crippen LogP contribution in [0, 0.1) is 12.7 Å². The van der Waals surface area contributed by atoms with Gasteiger partial charge in [-0.15, -0.1) is 0 Å². The number of hydrogen-bond donors (Lipinski definition) is 3. The van der Waals surface area contributed by atoms with Gasteiger partial charge in [-0.3, -0.25) is 0 Å². The molecule has 0 saturated heterocycles. The van der Waals surface area contributed by atoms with E-state index in [9.17, 15) is 14.3 Å². The standard InChI is InChI=1S/C11H14FNO3/c1-7-5-8(12)3-4-9(7)13-6-11(2,16)10(14)15/h3-5,13,16H,6H2,1-2H3,(H,14,15). The Kier molecular flexibility index (Phi) is 3.49. The van der Waals surface area contributed by atoms with Crippen molar-refractivity contribution in [3.63, 3.8) is 0 Å². The summed E-state index contributed by atoms with van der Waals surface area (Å²) in [6, 6.07) is 4.10. The molecule has 0 aliphatic carbocycles. The zero-order chi connectivity index (χ0) is 12.3. The predicted octanol–water partition coefficient (Wildman–Crippen LogP) is 1.38. The van der Waals surface area contributed by atoms with Crippen LogP contribution in [0.1, 0.15) is 12.5 Å². The van der Waals surface area contributed by atoms with E-state index in [1.165, 1.54) is 25.1 Å². The summed E-state index contributed by atoms with van der Waals surface area (Å²) in [5, 5.41) is 20.9. The van der Waals surface area contributed by atoms with Crippen molar-refractivity contribution in [3.05, 3.63) is 29.6 Å². The fourth-order valence-corrected chi connectivity index (χ4v) is 1.17. The maximum Gasteiger partial charge on any atom is 0.337 e. The molecule has 0 saturated carbocycles. The summed E-state index contributed by atoms with van der Waals surface area (Å²) in [5.74, 6) is -1.66. The Hall–Kier alpha value is -1.62. The number of aliphatic carboxylic acids is 1. The van der Waals surface area contributed by atoms with Crippen LogP contribution in [-0.4, -0.2) is 28.3 Å². The molecule has 1 rings (SSSR count). The lowest BCUT2D eigenvalue weighted by atomic mass is 10.1. The molecule has 0 aromatic heterocycles. The topological polar surface area (TPSA) is 69.6 Å². The number of carboxylic acids is 1. The average Bonchev–Trinajstić information content (AvgIpc) is 2.16. The van der Waals surface area contributed by atoms with E-state index in [0.29, 0.717) is 11.3 Å². The summed E-state index contributed by atoms with van der Waals surface area (Å²) in [4.78, 5) is 10.6. The van der Waals surface area contributed by atoms with E-state index in [2.05, 4.69) is 5.32 Å². The average molecular weight is 227 g/mol. The molecule has 1 unspecified atom stereocenters. The fraction of sp³-hybridized carbons (Fsp3) is 0.364. The number of hydrogen-bond acceptors (Lipinski definition) is 3. The second kappa shape index (κ2) is 4.49. The highest BCUT2D eigenvalue weighted by molar-refractivity contribution is 5.77. The molecule has 0 fully saturated rings. The normalized spacial score (nSPS) is 14.2. The van der Waals surface area contributed by atoms with Crippen molar-refractivity contribution in [3.8, 4) is 0 Å². The first kappa shape index (κ1) is 12.4. The minimum atomic E-state index is -1.85. The van der Waals surface area contributed by atoms with Gasteiger partial charge in [0.15, 0.2) is 5.60 Å². The first-order valence-electron chi connectivity index (χ1n) is 4.79. The molecule has 16 heavy (non-hydrogen) atoms. The predicted molar refractivity (Wildman–Crippen MR) is 57.9 cm³/mol. The van der Waals surface area contributed by atoms with Crippen molar-refractivity contribution in [2.24, 2.45) is 0 Å². The lowest BCUT2D eigenvalue weighted by molar-refractivity contribution is -0.155. The molecular weight excluding hydrogens is 213 g/mol. The first-order valence-corrected chi connectivity index (χ1v) is 4.79. The third kappa shape index (κ3) is 2.93. The van der Waals surface area contributed by atoms with Gasteiger partial charge in [0, 0.05) is 5.69 Å². The van der Waals surface area contributed by atoms with Crippen LogP contribution in [0.15, 0.2) is 18.2 Å². The van der Waals surface area contributed by atoms with Crippen molar-refractivity contribution in [1.29, 1.82) is 0 Å². The highest BCUT2D eigenvalue weighted by atomic mass is 19.1. The van der Waals surface area contributed by atoms with Crippen LogP contribution >= 0.6 is 0 Å². The monoisotopic (exact) mass is 227 g/mol. The van der Waals surface area contributed by atoms with Crippen LogP contribution in [0.3, 0.4) is 0 Å². The van der Waals surface area contributed by atoms with E-state index in [1.54, 1.807) is 6.92 Å². The van der Waals surface area contributed by atoms with E-state index in [1.807, 2.05) is 0 Å². The maximum atomic E-state index is 12.8. The van der Waals surface area contributed by atoms with E-state index in [0.717, 1.165) is 0 Å². The van der Waals surface area contributed by atoms with Crippen LogP contribution in [0.5, 0.6) is 0 Å². The minimum Gasteiger partial charge on any atom is -0.479 e. The Balaban J connectivity index is 2.72. The number of halogens is 1. The van der Waals surface area contributed by atoms with Crippen molar-refractivity contribution in [2.45, 2.75) is 19.4 Å². The molecule has 0 amide bonds. The molecule has 5 heteroatoms. The Morgan fingerprint density at radius 1 is 1.56 bits per heavy atom. The number of aryl methyl sites for hydroxylation is 1. The molecule has 1 aromatic carbocycles. The van der Waals surface area contributed by atoms with Gasteiger partial charge < -0.3 is 15.5 Å². The smallest absolute Gasteiger partial charge is 0.337 e. The number of carbonyl (C=O) groups is 1. The number of rotatable bonds is 4. The summed E-state index contributed by atoms with van der Waals surface area (Å²) >= 11 is 0. The maximum absolute atomic E-state index is 12.8. The molecule has 0 heterocycles. The third-order valence-electron chi connectivity index (χ3n) is 2.27. The van der Waals surface area contributed by atoms with Gasteiger partial charge in [0.2, 0.25) is 0 Å². The Bertz CT molecular complexity index is 404. The Morgan fingerprint density at radius 2 is 2.19 bits per heavy atom. The second-order valence-corrected chi connectivity index (χ2v) is 3.89. The molecule has 0 bridgehead atoms. The van der Waals surface area contributed by atoms with Gasteiger partial charge in [0.05, 0.1) is 6.54 Å². The molecule has 1 aromatic rings. The quantitative estimate of drug-likeness (QED) is 0.726. The first-order chi connectivity index (χ1) is 7.33. The molecule has 0 aliphatic rings. The molecule has 0 spiro atoms.